The molecule has 1 heterocycles. The number of carbonyl (C=O) groups excluding carboxylic acids is 18. The Balaban J connectivity index is 3.36. The second-order valence-corrected chi connectivity index (χ2v) is 35.2. The van der Waals surface area contributed by atoms with Gasteiger partial charge in [-0.15, -0.1) is 0 Å². The second kappa shape index (κ2) is 64.2. The summed E-state index contributed by atoms with van der Waals surface area (Å²) >= 11 is 0. The van der Waals surface area contributed by atoms with Crippen molar-refractivity contribution in [3.63, 3.8) is 0 Å². The van der Waals surface area contributed by atoms with Gasteiger partial charge in [0.2, 0.25) is 53.2 Å². The van der Waals surface area contributed by atoms with Gasteiger partial charge in [0.15, 0.2) is 52.2 Å². The number of unbranched alkanes of at least 4 members (excludes halogenated alkanes) is 3. The molecule has 9 amide bonds. The Morgan fingerprint density at radius 3 is 1.33 bits per heavy atom. The fourth-order valence-electron chi connectivity index (χ4n) is 14.7. The lowest BCUT2D eigenvalue weighted by Gasteiger charge is -2.29. The summed E-state index contributed by atoms with van der Waals surface area (Å²) in [6, 6.07) is -9.18. The third kappa shape index (κ3) is 46.2. The van der Waals surface area contributed by atoms with Crippen LogP contribution in [0.1, 0.15) is 249 Å². The number of aromatic nitrogens is 2. The highest BCUT2D eigenvalue weighted by Gasteiger charge is 2.40. The summed E-state index contributed by atoms with van der Waals surface area (Å²) in [6.07, 6.45) is -0.144. The predicted octanol–water partition coefficient (Wildman–Crippen LogP) is -0.695. The van der Waals surface area contributed by atoms with E-state index in [-0.39, 0.29) is 107 Å². The number of primary amides is 1. The topological polar surface area (TPSA) is 702 Å². The van der Waals surface area contributed by atoms with Gasteiger partial charge in [0.1, 0.15) is 17.9 Å². The number of carbonyl (C=O) groups is 18. The third-order valence-corrected chi connectivity index (χ3v) is 23.1. The Kier molecular flexibility index (Phi) is 58.5. The van der Waals surface area contributed by atoms with E-state index in [0.717, 1.165) is 0 Å². The molecule has 1 rings (SSSR count). The minimum absolute atomic E-state index is 0.00286. The number of aliphatic hydroxyl groups is 5. The fraction of sp³-hybridized carbons (Fsp3) is 0.753. The van der Waals surface area contributed by atoms with Gasteiger partial charge in [0, 0.05) is 131 Å². The van der Waals surface area contributed by atoms with Crippen LogP contribution >= 0.6 is 0 Å². The van der Waals surface area contributed by atoms with Crippen LogP contribution in [-0.4, -0.2) is 254 Å². The van der Waals surface area contributed by atoms with E-state index in [1.165, 1.54) is 19.4 Å². The minimum atomic E-state index is -1.58. The number of hydrogen-bond donors (Lipinski definition) is 20. The van der Waals surface area contributed by atoms with Gasteiger partial charge < -0.3 is 107 Å². The molecule has 0 saturated carbocycles. The van der Waals surface area contributed by atoms with Crippen molar-refractivity contribution in [3.8, 4) is 0 Å². The SMILES string of the molecule is CC[C@H](CC(=O)[C@H](Cc1cnc[nH]1)NC(=O)CCC(=O)CNC(=O)[C@H](CCCN=C(N)N)CC(=O)[C@H](CCCCN)NC(=O)CCC(=O)[C@H](CCCCN)NC(=O)[C@H](CO)CC(=O)[C@H](CC(C)C)NC(=O)[C@@H](CC(=O)[C@H](CCCCN)NC(=O)[C@@H](CC(=O)[C@@H](C)CO)CC(C)C)[C@@H](C)CC)C(=O)N[C@@H](CO)C(=O)C[C@H](C(=O)N[C@@H](CO)C(=O)C[C@H](C(N)=O)[C@@H](C)O)C(C)C. The average Bonchev–Trinajstić information content (AvgIpc) is 1.40. The Bertz CT molecular complexity index is 3760. The number of H-pyrrole nitrogens is 1. The van der Waals surface area contributed by atoms with Crippen molar-refractivity contribution < 1.29 is 112 Å². The van der Waals surface area contributed by atoms with Gasteiger partial charge in [-0.05, 0) is 140 Å². The molecule has 0 saturated heterocycles. The number of aliphatic hydroxyl groups excluding tert-OH is 5. The number of ketones is 9. The summed E-state index contributed by atoms with van der Waals surface area (Å²) < 4.78 is 0. The van der Waals surface area contributed by atoms with Crippen LogP contribution in [-0.2, 0) is 92.7 Å². The molecule has 26 N–H and O–H groups in total. The van der Waals surface area contributed by atoms with Crippen LogP contribution in [0.15, 0.2) is 17.5 Å². The van der Waals surface area contributed by atoms with E-state index in [2.05, 4.69) is 57.5 Å². The zero-order valence-corrected chi connectivity index (χ0v) is 77.6. The van der Waals surface area contributed by atoms with E-state index in [0.29, 0.717) is 63.6 Å². The number of nitrogens with two attached hydrogens (primary N) is 6. The Hall–Kier alpha value is -9.58. The molecule has 1 aromatic heterocycles. The first-order chi connectivity index (χ1) is 60.9. The Labute approximate surface area is 757 Å². The summed E-state index contributed by atoms with van der Waals surface area (Å²) in [4.78, 5) is 259. The molecular formula is C89H153N17O23. The first-order valence-electron chi connectivity index (χ1n) is 45.6. The van der Waals surface area contributed by atoms with Crippen LogP contribution < -0.4 is 76.9 Å². The normalized spacial score (nSPS) is 15.5. The van der Waals surface area contributed by atoms with Gasteiger partial charge in [0.05, 0.1) is 87.4 Å². The van der Waals surface area contributed by atoms with E-state index >= 15 is 0 Å². The number of rotatable bonds is 75. The maximum Gasteiger partial charge on any atom is 0.226 e. The first kappa shape index (κ1) is 117. The number of guanidine groups is 1. The molecule has 0 aliphatic rings. The van der Waals surface area contributed by atoms with Crippen LogP contribution in [0.2, 0.25) is 0 Å². The lowest BCUT2D eigenvalue weighted by atomic mass is 9.83. The lowest BCUT2D eigenvalue weighted by molar-refractivity contribution is -0.137. The van der Waals surface area contributed by atoms with Crippen molar-refractivity contribution in [1.82, 2.24) is 52.5 Å². The summed E-state index contributed by atoms with van der Waals surface area (Å²) in [5, 5.41) is 71.6. The van der Waals surface area contributed by atoms with Gasteiger partial charge in [-0.1, -0.05) is 75.7 Å². The summed E-state index contributed by atoms with van der Waals surface area (Å²) in [5.41, 5.74) is 34.3. The Morgan fingerprint density at radius 2 is 0.845 bits per heavy atom. The molecule has 0 bridgehead atoms. The van der Waals surface area contributed by atoms with Crippen LogP contribution in [0.5, 0.6) is 0 Å². The number of imidazole rings is 1. The number of Topliss-reactive ketones (excluding diaryl/α,β-unsaturated/α-hetero) is 9. The lowest BCUT2D eigenvalue weighted by Crippen LogP contribution is -2.50. The maximum atomic E-state index is 14.5. The number of hydrogen-bond acceptors (Lipinski definition) is 28. The maximum absolute atomic E-state index is 14.5. The molecule has 0 unspecified atom stereocenters. The summed E-state index contributed by atoms with van der Waals surface area (Å²) in [6.45, 7) is 15.6. The smallest absolute Gasteiger partial charge is 0.226 e. The zero-order valence-electron chi connectivity index (χ0n) is 77.6. The molecule has 0 spiro atoms. The van der Waals surface area contributed by atoms with E-state index in [1.54, 1.807) is 34.6 Å². The van der Waals surface area contributed by atoms with Gasteiger partial charge in [0.25, 0.3) is 0 Å². The van der Waals surface area contributed by atoms with Crippen molar-refractivity contribution in [1.29, 1.82) is 0 Å². The highest BCUT2D eigenvalue weighted by molar-refractivity contribution is 6.01. The average molecular weight is 1830 g/mol. The van der Waals surface area contributed by atoms with E-state index in [1.807, 2.05) is 34.6 Å². The summed E-state index contributed by atoms with van der Waals surface area (Å²) in [7, 11) is 0. The molecule has 0 aliphatic heterocycles. The Morgan fingerprint density at radius 1 is 0.411 bits per heavy atom. The predicted molar refractivity (Wildman–Crippen MR) is 480 cm³/mol. The van der Waals surface area contributed by atoms with Crippen molar-refractivity contribution in [2.45, 2.75) is 298 Å². The van der Waals surface area contributed by atoms with Gasteiger partial charge in [-0.3, -0.25) is 91.3 Å². The van der Waals surface area contributed by atoms with Crippen molar-refractivity contribution >= 4 is 111 Å². The van der Waals surface area contributed by atoms with Gasteiger partial charge in [-0.25, -0.2) is 4.98 Å². The number of nitrogens with zero attached hydrogens (tertiary/aromatic N) is 2. The van der Waals surface area contributed by atoms with Crippen molar-refractivity contribution in [3.05, 3.63) is 18.2 Å². The quantitative estimate of drug-likeness (QED) is 0.0218. The highest BCUT2D eigenvalue weighted by Crippen LogP contribution is 2.27. The summed E-state index contributed by atoms with van der Waals surface area (Å²) in [5.74, 6) is -22.7. The monoisotopic (exact) mass is 1830 g/mol. The van der Waals surface area contributed by atoms with Crippen LogP contribution in [0, 0.1) is 71.0 Å². The van der Waals surface area contributed by atoms with Gasteiger partial charge >= 0.3 is 0 Å². The van der Waals surface area contributed by atoms with Crippen LogP contribution in [0.25, 0.3) is 0 Å². The number of amides is 9. The van der Waals surface area contributed by atoms with E-state index in [4.69, 9.17) is 34.4 Å². The molecule has 0 aliphatic carbocycles. The number of aliphatic imine (C=N–C) groups is 1. The van der Waals surface area contributed by atoms with E-state index < -0.39 is 298 Å². The molecule has 129 heavy (non-hydrogen) atoms. The zero-order chi connectivity index (χ0) is 97.7. The first-order valence-corrected chi connectivity index (χ1v) is 45.6. The molecule has 40 nitrogen and oxygen atoms in total. The molecule has 732 valence electrons. The minimum Gasteiger partial charge on any atom is -0.396 e. The molecule has 40 heteroatoms. The fourth-order valence-corrected chi connectivity index (χ4v) is 14.7. The molecule has 0 aromatic carbocycles. The number of nitrogens with one attached hydrogen (secondary N) is 9. The molecule has 0 fully saturated rings. The molecular weight excluding hydrogens is 1680 g/mol. The van der Waals surface area contributed by atoms with Crippen LogP contribution in [0.3, 0.4) is 0 Å². The van der Waals surface area contributed by atoms with Gasteiger partial charge in [-0.2, -0.15) is 0 Å². The standard InChI is InChI=1S/C89H153N17O23/c1-12-53(9)63(41-77(118)67(24-16-19-31-92)103-85(126)58(33-50(3)4)37-73(114)54(10)45-107)88(129)104-68(34-51(5)6)76(117)38-59(46-108)86(127)102-65(22-14-17-29-90)72(113)26-28-81(122)100-66(23-15-18-30-91)74(115)36-57(21-20-32-97-89(94)95)83(124)98-44-61(112)25-27-80(121)101-69(39-60-43-96-49-99-60)75(116)35-56(13-2)84(125)105-70(47-109)78(119)40-62(52(7)8)87(128)106-71(48-110)79(120)42-64(55(11)111)82(93)123/h43,49-59,62-71,107-111H,12-42,44-48,90-92H2,1-11H3,(H2,93,123)(H,96,99)(H,98,124)(H,100,122)(H,101,121)(H,102,127)(H,103,126)(H,104,129)(H,105,125)(H,106,128)(H4,94,95,97)/t53-,54-,55+,56+,57+,58+,59-,62-,63-,64-,65-,66-,67-,68-,69-,70-,71-/m0/s1. The highest BCUT2D eigenvalue weighted by atomic mass is 16.3. The van der Waals surface area contributed by atoms with E-state index in [9.17, 15) is 112 Å². The third-order valence-electron chi connectivity index (χ3n) is 23.1. The number of aromatic amines is 1. The largest absolute Gasteiger partial charge is 0.396 e. The van der Waals surface area contributed by atoms with Crippen molar-refractivity contribution in [2.24, 2.45) is 110 Å². The van der Waals surface area contributed by atoms with Crippen LogP contribution in [0.4, 0.5) is 0 Å². The molecule has 17 atom stereocenters. The van der Waals surface area contributed by atoms with Crippen molar-refractivity contribution in [2.75, 3.05) is 59.2 Å². The molecule has 1 aromatic rings. The second-order valence-electron chi connectivity index (χ2n) is 35.2. The molecule has 0 radical (unpaired) electrons.